The molecular formula is C21H23N2O+. The second-order valence-electron chi connectivity index (χ2n) is 6.27. The van der Waals surface area contributed by atoms with Crippen LogP contribution >= 0.6 is 0 Å². The molecule has 3 heteroatoms. The molecule has 1 N–H and O–H groups in total. The number of nitrogens with zero attached hydrogens (tertiary/aromatic N) is 2. The summed E-state index contributed by atoms with van der Waals surface area (Å²) in [6.07, 6.45) is 3.91. The summed E-state index contributed by atoms with van der Waals surface area (Å²) in [7, 11) is 5.99. The van der Waals surface area contributed by atoms with E-state index >= 15 is 0 Å². The SMILES string of the molecule is CN(C)c1ccc(C(O)(c2ccccc2)c2cc[n+](C)cc2)cc1. The number of aliphatic hydroxyl groups is 1. The summed E-state index contributed by atoms with van der Waals surface area (Å²) >= 11 is 0. The largest absolute Gasteiger partial charge is 0.378 e. The first-order chi connectivity index (χ1) is 11.5. The summed E-state index contributed by atoms with van der Waals surface area (Å²) in [5.74, 6) is 0. The van der Waals surface area contributed by atoms with Crippen molar-refractivity contribution >= 4 is 5.69 Å². The Morgan fingerprint density at radius 3 is 1.79 bits per heavy atom. The number of hydrogen-bond donors (Lipinski definition) is 1. The molecule has 0 spiro atoms. The number of anilines is 1. The Morgan fingerprint density at radius 1 is 0.750 bits per heavy atom. The van der Waals surface area contributed by atoms with E-state index in [0.29, 0.717) is 0 Å². The minimum atomic E-state index is -1.18. The lowest BCUT2D eigenvalue weighted by atomic mass is 9.81. The quantitative estimate of drug-likeness (QED) is 0.749. The number of aryl methyl sites for hydroxylation is 1. The molecule has 3 nitrogen and oxygen atoms in total. The first-order valence-corrected chi connectivity index (χ1v) is 8.03. The highest BCUT2D eigenvalue weighted by Gasteiger charge is 2.34. The first-order valence-electron chi connectivity index (χ1n) is 8.03. The Balaban J connectivity index is 2.17. The van der Waals surface area contributed by atoms with E-state index in [2.05, 4.69) is 0 Å². The maximum atomic E-state index is 11.7. The predicted molar refractivity (Wildman–Crippen MR) is 96.9 cm³/mol. The smallest absolute Gasteiger partial charge is 0.168 e. The minimum absolute atomic E-state index is 0.851. The van der Waals surface area contributed by atoms with Crippen molar-refractivity contribution in [2.75, 3.05) is 19.0 Å². The fraction of sp³-hybridized carbons (Fsp3) is 0.190. The van der Waals surface area contributed by atoms with E-state index in [-0.39, 0.29) is 0 Å². The summed E-state index contributed by atoms with van der Waals surface area (Å²) in [6.45, 7) is 0. The highest BCUT2D eigenvalue weighted by molar-refractivity contribution is 5.52. The number of rotatable bonds is 4. The summed E-state index contributed by atoms with van der Waals surface area (Å²) in [5.41, 5.74) is 2.49. The van der Waals surface area contributed by atoms with Gasteiger partial charge in [-0.25, -0.2) is 4.57 Å². The van der Waals surface area contributed by atoms with Gasteiger partial charge in [-0.15, -0.1) is 0 Å². The summed E-state index contributed by atoms with van der Waals surface area (Å²) in [5, 5.41) is 11.7. The van der Waals surface area contributed by atoms with Crippen molar-refractivity contribution in [3.05, 3.63) is 95.8 Å². The molecule has 0 radical (unpaired) electrons. The molecule has 3 rings (SSSR count). The van der Waals surface area contributed by atoms with Crippen molar-refractivity contribution in [3.8, 4) is 0 Å². The zero-order valence-corrected chi connectivity index (χ0v) is 14.3. The molecule has 0 aliphatic carbocycles. The molecule has 1 unspecified atom stereocenters. The molecule has 24 heavy (non-hydrogen) atoms. The van der Waals surface area contributed by atoms with Crippen LogP contribution in [-0.4, -0.2) is 19.2 Å². The van der Waals surface area contributed by atoms with Crippen LogP contribution in [0, 0.1) is 0 Å². The van der Waals surface area contributed by atoms with Gasteiger partial charge in [0.15, 0.2) is 12.4 Å². The molecule has 2 aromatic carbocycles. The molecule has 1 atom stereocenters. The molecule has 0 aliphatic heterocycles. The standard InChI is InChI=1S/C21H23N2O/c1-22(2)20-11-9-18(10-12-20)21(24,17-7-5-4-6-8-17)19-13-15-23(3)16-14-19/h4-16,24H,1-3H3/q+1. The number of benzene rings is 2. The van der Waals surface area contributed by atoms with Gasteiger partial charge in [-0.3, -0.25) is 0 Å². The Labute approximate surface area is 143 Å². The molecule has 0 aliphatic rings. The van der Waals surface area contributed by atoms with Crippen LogP contribution in [-0.2, 0) is 12.6 Å². The highest BCUT2D eigenvalue weighted by atomic mass is 16.3. The lowest BCUT2D eigenvalue weighted by Gasteiger charge is -2.30. The van der Waals surface area contributed by atoms with E-state index in [1.54, 1.807) is 0 Å². The average Bonchev–Trinajstić information content (AvgIpc) is 2.62. The molecule has 0 saturated carbocycles. The van der Waals surface area contributed by atoms with Crippen molar-refractivity contribution in [2.24, 2.45) is 7.05 Å². The Hall–Kier alpha value is -2.65. The van der Waals surface area contributed by atoms with E-state index in [1.807, 2.05) is 110 Å². The van der Waals surface area contributed by atoms with Gasteiger partial charge in [-0.05, 0) is 23.3 Å². The van der Waals surface area contributed by atoms with Crippen LogP contribution in [0.4, 0.5) is 5.69 Å². The molecule has 122 valence electrons. The van der Waals surface area contributed by atoms with E-state index < -0.39 is 5.60 Å². The fourth-order valence-electron chi connectivity index (χ4n) is 2.92. The van der Waals surface area contributed by atoms with Gasteiger partial charge >= 0.3 is 0 Å². The summed E-state index contributed by atoms with van der Waals surface area (Å²) in [6, 6.07) is 21.8. The van der Waals surface area contributed by atoms with Crippen LogP contribution < -0.4 is 9.47 Å². The van der Waals surface area contributed by atoms with Crippen LogP contribution in [0.2, 0.25) is 0 Å². The third-order valence-electron chi connectivity index (χ3n) is 4.39. The van der Waals surface area contributed by atoms with Gasteiger partial charge in [0, 0.05) is 37.5 Å². The second-order valence-corrected chi connectivity index (χ2v) is 6.27. The molecule has 1 aromatic heterocycles. The van der Waals surface area contributed by atoms with Crippen molar-refractivity contribution in [1.82, 2.24) is 0 Å². The zero-order valence-electron chi connectivity index (χ0n) is 14.3. The Bertz CT molecular complexity index is 796. The monoisotopic (exact) mass is 319 g/mol. The van der Waals surface area contributed by atoms with Crippen LogP contribution in [0.25, 0.3) is 0 Å². The molecule has 0 fully saturated rings. The Morgan fingerprint density at radius 2 is 1.25 bits per heavy atom. The predicted octanol–water partition coefficient (Wildman–Crippen LogP) is 2.86. The minimum Gasteiger partial charge on any atom is -0.378 e. The zero-order chi connectivity index (χ0) is 17.2. The lowest BCUT2D eigenvalue weighted by molar-refractivity contribution is -0.671. The van der Waals surface area contributed by atoms with Crippen LogP contribution in [0.5, 0.6) is 0 Å². The van der Waals surface area contributed by atoms with E-state index in [9.17, 15) is 5.11 Å². The number of aromatic nitrogens is 1. The topological polar surface area (TPSA) is 27.3 Å². The number of pyridine rings is 1. The maximum absolute atomic E-state index is 11.7. The molecular weight excluding hydrogens is 296 g/mol. The highest BCUT2D eigenvalue weighted by Crippen LogP contribution is 2.36. The average molecular weight is 319 g/mol. The molecule has 0 bridgehead atoms. The van der Waals surface area contributed by atoms with Crippen molar-refractivity contribution in [2.45, 2.75) is 5.60 Å². The van der Waals surface area contributed by atoms with Crippen LogP contribution in [0.3, 0.4) is 0 Å². The summed E-state index contributed by atoms with van der Waals surface area (Å²) in [4.78, 5) is 2.05. The third kappa shape index (κ3) is 2.91. The summed E-state index contributed by atoms with van der Waals surface area (Å²) < 4.78 is 1.96. The van der Waals surface area contributed by atoms with Gasteiger partial charge in [0.2, 0.25) is 0 Å². The first kappa shape index (κ1) is 16.2. The van der Waals surface area contributed by atoms with Crippen molar-refractivity contribution in [3.63, 3.8) is 0 Å². The fourth-order valence-corrected chi connectivity index (χ4v) is 2.92. The van der Waals surface area contributed by atoms with Gasteiger partial charge in [-0.1, -0.05) is 42.5 Å². The van der Waals surface area contributed by atoms with Gasteiger partial charge < -0.3 is 10.0 Å². The van der Waals surface area contributed by atoms with E-state index in [4.69, 9.17) is 0 Å². The Kier molecular flexibility index (Phi) is 4.36. The molecule has 0 amide bonds. The van der Waals surface area contributed by atoms with Gasteiger partial charge in [0.05, 0.1) is 0 Å². The van der Waals surface area contributed by atoms with Gasteiger partial charge in [0.1, 0.15) is 12.6 Å². The van der Waals surface area contributed by atoms with Crippen LogP contribution in [0.15, 0.2) is 79.1 Å². The molecule has 3 aromatic rings. The lowest BCUT2D eigenvalue weighted by Crippen LogP contribution is -2.32. The normalized spacial score (nSPS) is 13.3. The van der Waals surface area contributed by atoms with E-state index in [1.165, 1.54) is 0 Å². The van der Waals surface area contributed by atoms with Crippen molar-refractivity contribution in [1.29, 1.82) is 0 Å². The van der Waals surface area contributed by atoms with Gasteiger partial charge in [0.25, 0.3) is 0 Å². The third-order valence-corrected chi connectivity index (χ3v) is 4.39. The van der Waals surface area contributed by atoms with Gasteiger partial charge in [-0.2, -0.15) is 0 Å². The molecule has 1 heterocycles. The van der Waals surface area contributed by atoms with Crippen molar-refractivity contribution < 1.29 is 9.67 Å². The second kappa shape index (κ2) is 6.46. The maximum Gasteiger partial charge on any atom is 0.168 e. The number of hydrogen-bond acceptors (Lipinski definition) is 2. The molecule has 0 saturated heterocycles. The van der Waals surface area contributed by atoms with Crippen LogP contribution in [0.1, 0.15) is 16.7 Å². The van der Waals surface area contributed by atoms with E-state index in [0.717, 1.165) is 22.4 Å².